The SMILES string of the molecule is Cc1ccc2c(c1O)C[C@@H](C1CCN(Cc3cc4ccccc4o3)CC1)O[C@H]2CN. The minimum atomic E-state index is -0.126. The average molecular weight is 407 g/mol. The molecule has 0 radical (unpaired) electrons. The van der Waals surface area contributed by atoms with Gasteiger partial charge in [-0.1, -0.05) is 30.3 Å². The lowest BCUT2D eigenvalue weighted by Gasteiger charge is -2.40. The van der Waals surface area contributed by atoms with E-state index in [0.29, 0.717) is 18.2 Å². The third-order valence-corrected chi connectivity index (χ3v) is 6.84. The van der Waals surface area contributed by atoms with Gasteiger partial charge >= 0.3 is 0 Å². The van der Waals surface area contributed by atoms with Crippen LogP contribution in [0.5, 0.6) is 5.75 Å². The summed E-state index contributed by atoms with van der Waals surface area (Å²) in [6.07, 6.45) is 2.94. The maximum absolute atomic E-state index is 10.6. The van der Waals surface area contributed by atoms with Gasteiger partial charge in [-0.25, -0.2) is 0 Å². The number of phenols is 1. The highest BCUT2D eigenvalue weighted by molar-refractivity contribution is 5.77. The summed E-state index contributed by atoms with van der Waals surface area (Å²) in [7, 11) is 0. The third-order valence-electron chi connectivity index (χ3n) is 6.84. The van der Waals surface area contributed by atoms with E-state index in [9.17, 15) is 5.11 Å². The van der Waals surface area contributed by atoms with E-state index in [1.807, 2.05) is 31.2 Å². The van der Waals surface area contributed by atoms with Crippen LogP contribution in [-0.4, -0.2) is 35.7 Å². The molecule has 158 valence electrons. The molecule has 1 aromatic heterocycles. The van der Waals surface area contributed by atoms with Crippen molar-refractivity contribution in [1.82, 2.24) is 4.90 Å². The fraction of sp³-hybridized carbons (Fsp3) is 0.440. The molecule has 0 bridgehead atoms. The Hall–Kier alpha value is -2.34. The molecule has 0 unspecified atom stereocenters. The van der Waals surface area contributed by atoms with E-state index in [4.69, 9.17) is 14.9 Å². The predicted octanol–water partition coefficient (Wildman–Crippen LogP) is 4.30. The smallest absolute Gasteiger partial charge is 0.134 e. The van der Waals surface area contributed by atoms with Crippen molar-refractivity contribution in [3.63, 3.8) is 0 Å². The molecule has 2 atom stereocenters. The summed E-state index contributed by atoms with van der Waals surface area (Å²) in [5, 5.41) is 11.8. The first kappa shape index (κ1) is 19.6. The lowest BCUT2D eigenvalue weighted by Crippen LogP contribution is -2.41. The summed E-state index contributed by atoms with van der Waals surface area (Å²) in [5.41, 5.74) is 9.98. The number of ether oxygens (including phenoxy) is 1. The molecular weight excluding hydrogens is 376 g/mol. The molecule has 3 heterocycles. The number of aromatic hydroxyl groups is 1. The topological polar surface area (TPSA) is 71.9 Å². The number of nitrogens with zero attached hydrogens (tertiary/aromatic N) is 1. The van der Waals surface area contributed by atoms with Gasteiger partial charge in [0.2, 0.25) is 0 Å². The number of hydrogen-bond donors (Lipinski definition) is 2. The average Bonchev–Trinajstić information content (AvgIpc) is 3.18. The van der Waals surface area contributed by atoms with Gasteiger partial charge in [-0.05, 0) is 62.0 Å². The summed E-state index contributed by atoms with van der Waals surface area (Å²) < 4.78 is 12.4. The van der Waals surface area contributed by atoms with Gasteiger partial charge in [0.05, 0.1) is 18.8 Å². The first-order valence-electron chi connectivity index (χ1n) is 11.0. The van der Waals surface area contributed by atoms with Crippen LogP contribution in [0.4, 0.5) is 0 Å². The molecule has 5 nitrogen and oxygen atoms in total. The number of fused-ring (bicyclic) bond motifs is 2. The number of benzene rings is 2. The Morgan fingerprint density at radius 1 is 1.13 bits per heavy atom. The van der Waals surface area contributed by atoms with E-state index in [1.165, 1.54) is 5.39 Å². The normalized spacial score (nSPS) is 23.0. The number of rotatable bonds is 4. The van der Waals surface area contributed by atoms with Crippen molar-refractivity contribution in [2.75, 3.05) is 19.6 Å². The zero-order valence-corrected chi connectivity index (χ0v) is 17.5. The van der Waals surface area contributed by atoms with Crippen molar-refractivity contribution in [2.45, 2.75) is 44.9 Å². The molecule has 1 fully saturated rings. The Kier molecular flexibility index (Phi) is 5.27. The van der Waals surface area contributed by atoms with Crippen molar-refractivity contribution in [2.24, 2.45) is 11.7 Å². The third kappa shape index (κ3) is 3.62. The van der Waals surface area contributed by atoms with Crippen molar-refractivity contribution in [3.05, 3.63) is 64.9 Å². The Morgan fingerprint density at radius 2 is 1.93 bits per heavy atom. The number of para-hydroxylation sites is 1. The highest BCUT2D eigenvalue weighted by atomic mass is 16.5. The number of furan rings is 1. The Morgan fingerprint density at radius 3 is 2.70 bits per heavy atom. The van der Waals surface area contributed by atoms with Gasteiger partial charge in [0.15, 0.2) is 0 Å². The Bertz CT molecular complexity index is 1000. The summed E-state index contributed by atoms with van der Waals surface area (Å²) >= 11 is 0. The van der Waals surface area contributed by atoms with Gasteiger partial charge in [-0.3, -0.25) is 4.90 Å². The van der Waals surface area contributed by atoms with Crippen molar-refractivity contribution >= 4 is 11.0 Å². The minimum absolute atomic E-state index is 0.118. The van der Waals surface area contributed by atoms with Crippen LogP contribution in [0.2, 0.25) is 0 Å². The highest BCUT2D eigenvalue weighted by Gasteiger charge is 2.35. The first-order valence-corrected chi connectivity index (χ1v) is 11.0. The fourth-order valence-electron chi connectivity index (χ4n) is 5.10. The second kappa shape index (κ2) is 8.06. The zero-order chi connectivity index (χ0) is 20.7. The van der Waals surface area contributed by atoms with Crippen LogP contribution in [0, 0.1) is 12.8 Å². The van der Waals surface area contributed by atoms with Gasteiger partial charge in [-0.15, -0.1) is 0 Å². The largest absolute Gasteiger partial charge is 0.507 e. The molecule has 2 aliphatic heterocycles. The maximum atomic E-state index is 10.6. The number of hydrogen-bond acceptors (Lipinski definition) is 5. The second-order valence-corrected chi connectivity index (χ2v) is 8.77. The summed E-state index contributed by atoms with van der Waals surface area (Å²) in [5.74, 6) is 1.93. The van der Waals surface area contributed by atoms with E-state index < -0.39 is 0 Å². The van der Waals surface area contributed by atoms with Gasteiger partial charge < -0.3 is 20.0 Å². The molecule has 2 aliphatic rings. The van der Waals surface area contributed by atoms with Crippen LogP contribution < -0.4 is 5.73 Å². The second-order valence-electron chi connectivity index (χ2n) is 8.77. The van der Waals surface area contributed by atoms with Gasteiger partial charge in [-0.2, -0.15) is 0 Å². The summed E-state index contributed by atoms with van der Waals surface area (Å²) in [6.45, 7) is 5.30. The number of piperidine rings is 1. The van der Waals surface area contributed by atoms with Gasteiger partial charge in [0, 0.05) is 23.9 Å². The molecule has 5 heteroatoms. The fourth-order valence-corrected chi connectivity index (χ4v) is 5.10. The highest BCUT2D eigenvalue weighted by Crippen LogP contribution is 2.40. The molecular formula is C25H30N2O3. The molecule has 5 rings (SSSR count). The molecule has 0 saturated carbocycles. The van der Waals surface area contributed by atoms with E-state index >= 15 is 0 Å². The van der Waals surface area contributed by atoms with E-state index in [2.05, 4.69) is 23.1 Å². The summed E-state index contributed by atoms with van der Waals surface area (Å²) in [4.78, 5) is 2.47. The number of likely N-dealkylation sites (tertiary alicyclic amines) is 1. The van der Waals surface area contributed by atoms with Crippen molar-refractivity contribution < 1.29 is 14.3 Å². The molecule has 1 saturated heterocycles. The molecule has 3 N–H and O–H groups in total. The van der Waals surface area contributed by atoms with Gasteiger partial charge in [0.25, 0.3) is 0 Å². The first-order chi connectivity index (χ1) is 14.6. The minimum Gasteiger partial charge on any atom is -0.507 e. The van der Waals surface area contributed by atoms with Crippen LogP contribution in [0.1, 0.15) is 41.4 Å². The number of nitrogens with two attached hydrogens (primary N) is 1. The molecule has 0 amide bonds. The van der Waals surface area contributed by atoms with Crippen LogP contribution >= 0.6 is 0 Å². The lowest BCUT2D eigenvalue weighted by molar-refractivity contribution is -0.0653. The van der Waals surface area contributed by atoms with Crippen LogP contribution in [-0.2, 0) is 17.7 Å². The predicted molar refractivity (Wildman–Crippen MR) is 117 cm³/mol. The summed E-state index contributed by atoms with van der Waals surface area (Å²) in [6, 6.07) is 14.3. The molecule has 3 aromatic rings. The van der Waals surface area contributed by atoms with Crippen LogP contribution in [0.15, 0.2) is 46.9 Å². The van der Waals surface area contributed by atoms with Crippen molar-refractivity contribution in [1.29, 1.82) is 0 Å². The molecule has 2 aromatic carbocycles. The standard InChI is InChI=1S/C25H30N2O3/c1-16-6-7-20-21(25(16)28)13-23(30-24(20)14-26)17-8-10-27(11-9-17)15-19-12-18-4-2-3-5-22(18)29-19/h2-7,12,17,23-24,28H,8-11,13-15,26H2,1H3/t23-,24-/m0/s1. The van der Waals surface area contributed by atoms with Gasteiger partial charge in [0.1, 0.15) is 17.1 Å². The molecule has 0 spiro atoms. The van der Waals surface area contributed by atoms with E-state index in [1.54, 1.807) is 0 Å². The lowest BCUT2D eigenvalue weighted by atomic mass is 9.83. The quantitative estimate of drug-likeness (QED) is 0.676. The Balaban J connectivity index is 1.24. The van der Waals surface area contributed by atoms with E-state index in [-0.39, 0.29) is 12.2 Å². The molecule has 0 aliphatic carbocycles. The monoisotopic (exact) mass is 406 g/mol. The number of aryl methyl sites for hydroxylation is 1. The van der Waals surface area contributed by atoms with E-state index in [0.717, 1.165) is 66.9 Å². The van der Waals surface area contributed by atoms with Crippen LogP contribution in [0.25, 0.3) is 11.0 Å². The van der Waals surface area contributed by atoms with Crippen molar-refractivity contribution in [3.8, 4) is 5.75 Å². The Labute approximate surface area is 177 Å². The maximum Gasteiger partial charge on any atom is 0.134 e. The number of phenolic OH excluding ortho intramolecular Hbond substituents is 1. The zero-order valence-electron chi connectivity index (χ0n) is 17.5. The van der Waals surface area contributed by atoms with Crippen LogP contribution in [0.3, 0.4) is 0 Å². The molecule has 30 heavy (non-hydrogen) atoms.